The van der Waals surface area contributed by atoms with Crippen molar-refractivity contribution in [3.8, 4) is 0 Å². The second kappa shape index (κ2) is 5.25. The van der Waals surface area contributed by atoms with Crippen molar-refractivity contribution in [2.24, 2.45) is 17.8 Å². The Labute approximate surface area is 144 Å². The van der Waals surface area contributed by atoms with Gasteiger partial charge in [-0.05, 0) is 55.9 Å². The molecule has 3 unspecified atom stereocenters. The van der Waals surface area contributed by atoms with Gasteiger partial charge in [0, 0.05) is 17.6 Å². The minimum Gasteiger partial charge on any atom is -0.390 e. The van der Waals surface area contributed by atoms with E-state index in [4.69, 9.17) is 0 Å². The molecule has 132 valence electrons. The van der Waals surface area contributed by atoms with E-state index in [0.717, 1.165) is 37.5 Å². The molecule has 7 heteroatoms. The third-order valence-corrected chi connectivity index (χ3v) is 6.44. The van der Waals surface area contributed by atoms with Crippen molar-refractivity contribution in [1.82, 2.24) is 15.2 Å². The van der Waals surface area contributed by atoms with Gasteiger partial charge in [-0.1, -0.05) is 0 Å². The second-order valence-electron chi connectivity index (χ2n) is 8.11. The maximum absolute atomic E-state index is 12.2. The van der Waals surface area contributed by atoms with E-state index in [1.54, 1.807) is 6.20 Å². The van der Waals surface area contributed by atoms with Crippen LogP contribution in [-0.4, -0.2) is 49.4 Å². The van der Waals surface area contributed by atoms with Gasteiger partial charge < -0.3 is 20.5 Å². The molecular formula is C18H22N4O3. The van der Waals surface area contributed by atoms with E-state index in [1.807, 2.05) is 6.07 Å². The van der Waals surface area contributed by atoms with Crippen molar-refractivity contribution in [3.63, 3.8) is 0 Å². The number of aliphatic hydroxyl groups is 2. The van der Waals surface area contributed by atoms with Crippen molar-refractivity contribution in [3.05, 3.63) is 18.0 Å². The molecule has 4 aliphatic carbocycles. The molecule has 0 amide bonds. The van der Waals surface area contributed by atoms with E-state index in [2.05, 4.69) is 20.5 Å². The minimum absolute atomic E-state index is 0.196. The Kier molecular flexibility index (Phi) is 3.21. The summed E-state index contributed by atoms with van der Waals surface area (Å²) in [4.78, 5) is 15.2. The topological polar surface area (TPSA) is 111 Å². The van der Waals surface area contributed by atoms with Crippen LogP contribution in [0, 0.1) is 17.8 Å². The Morgan fingerprint density at radius 2 is 2.04 bits per heavy atom. The number of H-pyrrole nitrogens is 1. The molecule has 2 aromatic heterocycles. The number of hydrogen-bond acceptors (Lipinski definition) is 6. The van der Waals surface area contributed by atoms with Crippen LogP contribution >= 0.6 is 0 Å². The zero-order chi connectivity index (χ0) is 17.2. The SMILES string of the molecule is O=C(CO)c1nnc2[nH]ccc2c1NC1[C@@H]2CC3C[C@H]1CC(O)(C3)C2. The maximum atomic E-state index is 12.2. The highest BCUT2D eigenvalue weighted by molar-refractivity contribution is 6.06. The molecule has 4 aliphatic rings. The van der Waals surface area contributed by atoms with Crippen molar-refractivity contribution < 1.29 is 15.0 Å². The Morgan fingerprint density at radius 1 is 1.28 bits per heavy atom. The smallest absolute Gasteiger partial charge is 0.210 e. The zero-order valence-electron chi connectivity index (χ0n) is 13.9. The number of nitrogens with zero attached hydrogens (tertiary/aromatic N) is 2. The fourth-order valence-corrected chi connectivity index (χ4v) is 5.72. The number of ketones is 1. The molecule has 2 aromatic rings. The monoisotopic (exact) mass is 342 g/mol. The van der Waals surface area contributed by atoms with Gasteiger partial charge in [-0.2, -0.15) is 0 Å². The molecule has 6 rings (SSSR count). The molecule has 0 aromatic carbocycles. The normalized spacial score (nSPS) is 36.1. The average molecular weight is 342 g/mol. The van der Waals surface area contributed by atoms with E-state index in [9.17, 15) is 15.0 Å². The lowest BCUT2D eigenvalue weighted by Gasteiger charge is -2.58. The summed E-state index contributed by atoms with van der Waals surface area (Å²) in [5.41, 5.74) is 0.995. The summed E-state index contributed by atoms with van der Waals surface area (Å²) < 4.78 is 0. The molecule has 0 aliphatic heterocycles. The summed E-state index contributed by atoms with van der Waals surface area (Å²) in [6, 6.07) is 2.11. The number of nitrogens with one attached hydrogen (secondary N) is 2. The number of aliphatic hydroxyl groups excluding tert-OH is 1. The molecule has 4 fully saturated rings. The molecule has 7 nitrogen and oxygen atoms in total. The summed E-state index contributed by atoms with van der Waals surface area (Å²) >= 11 is 0. The van der Waals surface area contributed by atoms with Crippen LogP contribution in [-0.2, 0) is 0 Å². The van der Waals surface area contributed by atoms with Crippen LogP contribution in [0.3, 0.4) is 0 Å². The molecule has 0 radical (unpaired) electrons. The van der Waals surface area contributed by atoms with Crippen LogP contribution in [0.25, 0.3) is 11.0 Å². The number of aromatic nitrogens is 3. The summed E-state index contributed by atoms with van der Waals surface area (Å²) in [6.07, 6.45) is 6.64. The Morgan fingerprint density at radius 3 is 2.72 bits per heavy atom. The molecule has 0 spiro atoms. The average Bonchev–Trinajstić information content (AvgIpc) is 3.04. The Hall–Kier alpha value is -1.99. The molecule has 2 heterocycles. The molecule has 5 atom stereocenters. The van der Waals surface area contributed by atoms with Gasteiger partial charge in [0.15, 0.2) is 11.3 Å². The number of carbonyl (C=O) groups is 1. The van der Waals surface area contributed by atoms with Gasteiger partial charge in [0.2, 0.25) is 5.78 Å². The molecule has 4 bridgehead atoms. The largest absolute Gasteiger partial charge is 0.390 e. The van der Waals surface area contributed by atoms with E-state index < -0.39 is 18.0 Å². The van der Waals surface area contributed by atoms with Crippen LogP contribution in [0.4, 0.5) is 5.69 Å². The zero-order valence-corrected chi connectivity index (χ0v) is 13.9. The lowest BCUT2D eigenvalue weighted by Crippen LogP contribution is -2.59. The quantitative estimate of drug-likeness (QED) is 0.627. The van der Waals surface area contributed by atoms with Crippen molar-refractivity contribution >= 4 is 22.5 Å². The van der Waals surface area contributed by atoms with Crippen molar-refractivity contribution in [2.75, 3.05) is 11.9 Å². The van der Waals surface area contributed by atoms with E-state index in [1.165, 1.54) is 0 Å². The van der Waals surface area contributed by atoms with Crippen LogP contribution < -0.4 is 5.32 Å². The van der Waals surface area contributed by atoms with Gasteiger partial charge in [0.1, 0.15) is 6.61 Å². The molecule has 4 saturated carbocycles. The van der Waals surface area contributed by atoms with E-state index in [0.29, 0.717) is 29.1 Å². The standard InChI is InChI=1S/C18H22N4O3/c23-8-13(24)16-15(12-1-2-19-17(12)22-21-16)20-14-10-3-9-4-11(14)7-18(25,5-9)6-10/h1-2,9-11,14,23,25H,3-8H2,(H2,19,20,22)/t9?,10-,11+,14?,18?. The first-order chi connectivity index (χ1) is 12.1. The number of fused-ring (bicyclic) bond motifs is 1. The van der Waals surface area contributed by atoms with Crippen molar-refractivity contribution in [1.29, 1.82) is 0 Å². The number of Topliss-reactive ketones (excluding diaryl/α,β-unsaturated/α-hetero) is 1. The van der Waals surface area contributed by atoms with Crippen LogP contribution in [0.5, 0.6) is 0 Å². The number of anilines is 1. The first-order valence-electron chi connectivity index (χ1n) is 9.03. The van der Waals surface area contributed by atoms with Crippen LogP contribution in [0.1, 0.15) is 42.6 Å². The van der Waals surface area contributed by atoms with E-state index in [-0.39, 0.29) is 11.7 Å². The van der Waals surface area contributed by atoms with E-state index >= 15 is 0 Å². The fraction of sp³-hybridized carbons (Fsp3) is 0.611. The van der Waals surface area contributed by atoms with Gasteiger partial charge in [-0.15, -0.1) is 10.2 Å². The first-order valence-corrected chi connectivity index (χ1v) is 9.03. The maximum Gasteiger partial charge on any atom is 0.210 e. The molecular weight excluding hydrogens is 320 g/mol. The number of carbonyl (C=O) groups excluding carboxylic acids is 1. The summed E-state index contributed by atoms with van der Waals surface area (Å²) in [7, 11) is 0. The Bertz CT molecular complexity index is 832. The molecule has 4 N–H and O–H groups in total. The summed E-state index contributed by atoms with van der Waals surface area (Å²) in [5.74, 6) is 1.02. The minimum atomic E-state index is -0.585. The third-order valence-electron chi connectivity index (χ3n) is 6.44. The van der Waals surface area contributed by atoms with Gasteiger partial charge in [-0.25, -0.2) is 0 Å². The highest BCUT2D eigenvalue weighted by Gasteiger charge is 2.54. The van der Waals surface area contributed by atoms with Gasteiger partial charge in [-0.3, -0.25) is 4.79 Å². The third kappa shape index (κ3) is 2.29. The number of aromatic amines is 1. The number of rotatable bonds is 4. The fourth-order valence-electron chi connectivity index (χ4n) is 5.72. The van der Waals surface area contributed by atoms with Crippen molar-refractivity contribution in [2.45, 2.75) is 43.7 Å². The lowest BCUT2D eigenvalue weighted by molar-refractivity contribution is -0.129. The van der Waals surface area contributed by atoms with Crippen LogP contribution in [0.2, 0.25) is 0 Å². The number of hydrogen-bond donors (Lipinski definition) is 4. The highest BCUT2D eigenvalue weighted by atomic mass is 16.3. The first kappa shape index (κ1) is 15.3. The predicted molar refractivity (Wildman–Crippen MR) is 91.2 cm³/mol. The highest BCUT2D eigenvalue weighted by Crippen LogP contribution is 2.56. The van der Waals surface area contributed by atoms with Crippen LogP contribution in [0.15, 0.2) is 12.3 Å². The Balaban J connectivity index is 1.54. The second-order valence-corrected chi connectivity index (χ2v) is 8.11. The van der Waals surface area contributed by atoms with Gasteiger partial charge >= 0.3 is 0 Å². The molecule has 25 heavy (non-hydrogen) atoms. The lowest BCUT2D eigenvalue weighted by atomic mass is 9.52. The summed E-state index contributed by atoms with van der Waals surface area (Å²) in [5, 5.41) is 32.6. The predicted octanol–water partition coefficient (Wildman–Crippen LogP) is 1.48. The summed E-state index contributed by atoms with van der Waals surface area (Å²) in [6.45, 7) is -0.585. The van der Waals surface area contributed by atoms with Gasteiger partial charge in [0.25, 0.3) is 0 Å². The van der Waals surface area contributed by atoms with Gasteiger partial charge in [0.05, 0.1) is 11.3 Å². The molecule has 0 saturated heterocycles.